The minimum absolute atomic E-state index is 0.0530. The Kier molecular flexibility index (Phi) is 11.4. The number of ether oxygens (including phenoxy) is 2. The quantitative estimate of drug-likeness (QED) is 0.143. The number of hydrogen-bond acceptors (Lipinski definition) is 8. The Morgan fingerprint density at radius 1 is 0.717 bits per heavy atom. The molecule has 1 aromatic heterocycles. The van der Waals surface area contributed by atoms with Crippen molar-refractivity contribution in [3.8, 4) is 22.4 Å². The Labute approximate surface area is 356 Å². The van der Waals surface area contributed by atoms with Gasteiger partial charge in [-0.3, -0.25) is 14.6 Å². The molecule has 2 aliphatic carbocycles. The molecule has 0 bridgehead atoms. The fourth-order valence-electron chi connectivity index (χ4n) is 10.8. The molecule has 10 heteroatoms. The van der Waals surface area contributed by atoms with Crippen LogP contribution in [0.4, 0.5) is 0 Å². The molecule has 4 N–H and O–H groups in total. The van der Waals surface area contributed by atoms with Gasteiger partial charge in [-0.1, -0.05) is 103 Å². The summed E-state index contributed by atoms with van der Waals surface area (Å²) in [6.07, 6.45) is 11.6. The van der Waals surface area contributed by atoms with Crippen molar-refractivity contribution < 1.29 is 29.3 Å². The Morgan fingerprint density at radius 3 is 1.70 bits per heavy atom. The summed E-state index contributed by atoms with van der Waals surface area (Å²) in [5.74, 6) is 0.787. The molecular formula is C50H66N4O6. The molecule has 8 rings (SSSR count). The van der Waals surface area contributed by atoms with E-state index in [1.807, 2.05) is 12.4 Å². The van der Waals surface area contributed by atoms with Crippen LogP contribution in [0.1, 0.15) is 136 Å². The van der Waals surface area contributed by atoms with Crippen LogP contribution in [-0.2, 0) is 19.1 Å². The zero-order valence-corrected chi connectivity index (χ0v) is 36.7. The summed E-state index contributed by atoms with van der Waals surface area (Å²) in [7, 11) is 0. The highest BCUT2D eigenvalue weighted by atomic mass is 16.5. The van der Waals surface area contributed by atoms with Crippen molar-refractivity contribution in [3.63, 3.8) is 0 Å². The number of Topliss-reactive ketones (excluding diaryl/α,β-unsaturated/α-hetero) is 1. The van der Waals surface area contributed by atoms with E-state index in [-0.39, 0.29) is 34.5 Å². The Morgan fingerprint density at radius 2 is 1.22 bits per heavy atom. The third-order valence-electron chi connectivity index (χ3n) is 15.2. The minimum atomic E-state index is -1.03. The van der Waals surface area contributed by atoms with E-state index in [2.05, 4.69) is 100 Å². The first kappa shape index (κ1) is 42.7. The SMILES string of the molecule is CC(C)(C)[C@H](NC(=O)C1(C2(O)CCOCC2)CCC1)C1=NC=C(c2ccc(-c3ccc(-c4cnc([C@@H](CC(=O)C5(C6(O)CCOCC6)CCC5)C(C)(C)C)[nH]4)cc3)cc2)C1. The maximum Gasteiger partial charge on any atom is 0.229 e. The number of benzene rings is 2. The predicted molar refractivity (Wildman–Crippen MR) is 235 cm³/mol. The molecule has 5 aliphatic rings. The maximum absolute atomic E-state index is 14.2. The van der Waals surface area contributed by atoms with Crippen LogP contribution in [0, 0.1) is 21.7 Å². The minimum Gasteiger partial charge on any atom is -0.389 e. The number of aromatic nitrogens is 2. The van der Waals surface area contributed by atoms with Gasteiger partial charge in [0.05, 0.1) is 40.0 Å². The smallest absolute Gasteiger partial charge is 0.229 e. The number of rotatable bonds is 12. The van der Waals surface area contributed by atoms with E-state index < -0.39 is 22.0 Å². The second-order valence-corrected chi connectivity index (χ2v) is 20.8. The molecule has 1 amide bonds. The summed E-state index contributed by atoms with van der Waals surface area (Å²) in [6.45, 7) is 14.9. The van der Waals surface area contributed by atoms with Gasteiger partial charge in [0.1, 0.15) is 11.6 Å². The van der Waals surface area contributed by atoms with E-state index in [0.717, 1.165) is 70.7 Å². The fraction of sp³-hybridized carbons (Fsp3) is 0.600. The topological polar surface area (TPSA) is 146 Å². The Bertz CT molecular complexity index is 2100. The van der Waals surface area contributed by atoms with Gasteiger partial charge in [0.25, 0.3) is 0 Å². The summed E-state index contributed by atoms with van der Waals surface area (Å²) >= 11 is 0. The van der Waals surface area contributed by atoms with E-state index in [1.165, 1.54) is 0 Å². The molecule has 4 heterocycles. The highest BCUT2D eigenvalue weighted by Gasteiger charge is 2.60. The third kappa shape index (κ3) is 7.75. The van der Waals surface area contributed by atoms with Crippen LogP contribution < -0.4 is 5.32 Å². The number of imidazole rings is 1. The molecule has 0 unspecified atom stereocenters. The monoisotopic (exact) mass is 818 g/mol. The third-order valence-corrected chi connectivity index (χ3v) is 15.2. The van der Waals surface area contributed by atoms with Crippen LogP contribution in [0.5, 0.6) is 0 Å². The summed E-state index contributed by atoms with van der Waals surface area (Å²) in [5, 5.41) is 26.8. The molecule has 10 nitrogen and oxygen atoms in total. The number of aromatic amines is 1. The molecule has 3 aromatic rings. The zero-order chi connectivity index (χ0) is 42.6. The first-order valence-electron chi connectivity index (χ1n) is 22.4. The van der Waals surface area contributed by atoms with Gasteiger partial charge in [0.15, 0.2) is 0 Å². The lowest BCUT2D eigenvalue weighted by atomic mass is 9.53. The molecule has 2 saturated heterocycles. The van der Waals surface area contributed by atoms with Crippen LogP contribution >= 0.6 is 0 Å². The van der Waals surface area contributed by atoms with Crippen LogP contribution in [0.15, 0.2) is 65.9 Å². The molecule has 2 atom stereocenters. The molecule has 2 aromatic carbocycles. The average molecular weight is 819 g/mol. The number of aliphatic imine (C=N–C) groups is 1. The van der Waals surface area contributed by atoms with Crippen molar-refractivity contribution in [1.29, 1.82) is 0 Å². The first-order chi connectivity index (χ1) is 28.5. The van der Waals surface area contributed by atoms with Gasteiger partial charge in [0, 0.05) is 82.8 Å². The maximum atomic E-state index is 14.2. The number of carbonyl (C=O) groups is 2. The molecule has 2 saturated carbocycles. The molecule has 322 valence electrons. The molecule has 60 heavy (non-hydrogen) atoms. The van der Waals surface area contributed by atoms with Crippen LogP contribution in [0.25, 0.3) is 28.0 Å². The first-order valence-corrected chi connectivity index (χ1v) is 22.4. The van der Waals surface area contributed by atoms with E-state index in [4.69, 9.17) is 19.5 Å². The van der Waals surface area contributed by atoms with E-state index in [0.29, 0.717) is 77.8 Å². The number of aliphatic hydroxyl groups is 2. The molecule has 3 aliphatic heterocycles. The fourth-order valence-corrected chi connectivity index (χ4v) is 10.8. The van der Waals surface area contributed by atoms with Crippen molar-refractivity contribution in [1.82, 2.24) is 15.3 Å². The number of hydrogen-bond donors (Lipinski definition) is 4. The summed E-state index contributed by atoms with van der Waals surface area (Å²) in [6, 6.07) is 16.8. The van der Waals surface area contributed by atoms with Crippen LogP contribution in [0.2, 0.25) is 0 Å². The number of allylic oxidation sites excluding steroid dienone is 1. The highest BCUT2D eigenvalue weighted by molar-refractivity contribution is 6.04. The number of amides is 1. The largest absolute Gasteiger partial charge is 0.389 e. The standard InChI is InChI=1S/C50H66N4O6/c1-45(2,3)38(30-41(55)47(17-7-18-47)49(57)21-25-59-26-22-49)43-52-32-40(53-43)36-15-13-34(14-16-36)33-9-11-35(12-10-33)37-29-39(51-31-37)42(46(4,5)6)54-44(56)48(19-8-20-48)50(58)23-27-60-28-24-50/h9-16,31-32,38,42,57-58H,7-8,17-30H2,1-6H3,(H,52,53)(H,54,56)/t38-,42-/m1/s1. The average Bonchev–Trinajstić information content (AvgIpc) is 3.86. The van der Waals surface area contributed by atoms with Gasteiger partial charge in [-0.25, -0.2) is 4.98 Å². The van der Waals surface area contributed by atoms with Crippen molar-refractivity contribution >= 4 is 23.0 Å². The molecule has 4 fully saturated rings. The van der Waals surface area contributed by atoms with Crippen molar-refractivity contribution in [2.75, 3.05) is 26.4 Å². The normalized spacial score (nSPS) is 23.0. The lowest BCUT2D eigenvalue weighted by molar-refractivity contribution is -0.187. The summed E-state index contributed by atoms with van der Waals surface area (Å²) < 4.78 is 11.1. The van der Waals surface area contributed by atoms with Crippen molar-refractivity contribution in [2.45, 2.75) is 142 Å². The molecule has 0 spiro atoms. The Balaban J connectivity index is 0.913. The van der Waals surface area contributed by atoms with Gasteiger partial charge < -0.3 is 30.0 Å². The van der Waals surface area contributed by atoms with E-state index in [9.17, 15) is 19.8 Å². The number of nitrogens with one attached hydrogen (secondary N) is 2. The van der Waals surface area contributed by atoms with Gasteiger partial charge >= 0.3 is 0 Å². The second-order valence-electron chi connectivity index (χ2n) is 20.8. The molecular weight excluding hydrogens is 753 g/mol. The lowest BCUT2D eigenvalue weighted by Gasteiger charge is -2.54. The predicted octanol–water partition coefficient (Wildman–Crippen LogP) is 8.97. The van der Waals surface area contributed by atoms with Gasteiger partial charge in [0.2, 0.25) is 5.91 Å². The number of nitrogens with zero attached hydrogens (tertiary/aromatic N) is 2. The van der Waals surface area contributed by atoms with Crippen LogP contribution in [0.3, 0.4) is 0 Å². The zero-order valence-electron chi connectivity index (χ0n) is 36.7. The summed E-state index contributed by atoms with van der Waals surface area (Å²) in [4.78, 5) is 41.5. The lowest BCUT2D eigenvalue weighted by Crippen LogP contribution is -2.65. The highest BCUT2D eigenvalue weighted by Crippen LogP contribution is 2.56. The number of carbonyl (C=O) groups excluding carboxylic acids is 2. The van der Waals surface area contributed by atoms with Gasteiger partial charge in [-0.2, -0.15) is 0 Å². The van der Waals surface area contributed by atoms with Crippen molar-refractivity contribution in [2.24, 2.45) is 26.7 Å². The van der Waals surface area contributed by atoms with E-state index >= 15 is 0 Å². The summed E-state index contributed by atoms with van der Waals surface area (Å²) in [5.41, 5.74) is 3.34. The second kappa shape index (κ2) is 16.1. The molecule has 0 radical (unpaired) electrons. The number of ketones is 1. The van der Waals surface area contributed by atoms with Gasteiger partial charge in [-0.05, 0) is 64.3 Å². The van der Waals surface area contributed by atoms with Gasteiger partial charge in [-0.15, -0.1) is 0 Å². The van der Waals surface area contributed by atoms with Crippen molar-refractivity contribution in [3.05, 3.63) is 72.3 Å². The Hall–Kier alpha value is -3.96. The van der Waals surface area contributed by atoms with E-state index in [1.54, 1.807) is 0 Å². The number of H-pyrrole nitrogens is 1. The van der Waals surface area contributed by atoms with Crippen LogP contribution in [-0.4, -0.2) is 81.3 Å².